The Kier molecular flexibility index (Phi) is 3.67. The molecule has 0 aliphatic rings. The molecule has 0 aliphatic heterocycles. The van der Waals surface area contributed by atoms with Crippen LogP contribution in [-0.4, -0.2) is 13.4 Å². The molecule has 0 saturated carbocycles. The van der Waals surface area contributed by atoms with Gasteiger partial charge in [0, 0.05) is 11.4 Å². The van der Waals surface area contributed by atoms with E-state index >= 15 is 0 Å². The Labute approximate surface area is 118 Å². The maximum atomic E-state index is 12.3. The van der Waals surface area contributed by atoms with Crippen LogP contribution >= 0.6 is 0 Å². The first kappa shape index (κ1) is 14.3. The zero-order valence-electron chi connectivity index (χ0n) is 11.6. The molecule has 0 aliphatic carbocycles. The summed E-state index contributed by atoms with van der Waals surface area (Å²) in [6.45, 7) is 5.47. The summed E-state index contributed by atoms with van der Waals surface area (Å²) >= 11 is 0. The van der Waals surface area contributed by atoms with Gasteiger partial charge in [0.25, 0.3) is 10.0 Å². The van der Waals surface area contributed by atoms with Crippen molar-refractivity contribution in [1.82, 2.24) is 4.98 Å². The van der Waals surface area contributed by atoms with Crippen molar-refractivity contribution in [1.29, 1.82) is 0 Å². The van der Waals surface area contributed by atoms with E-state index in [4.69, 9.17) is 5.73 Å². The van der Waals surface area contributed by atoms with Gasteiger partial charge in [-0.05, 0) is 62.2 Å². The minimum absolute atomic E-state index is 0.171. The highest BCUT2D eigenvalue weighted by atomic mass is 32.2. The summed E-state index contributed by atoms with van der Waals surface area (Å²) in [7, 11) is -3.65. The molecule has 0 amide bonds. The number of pyridine rings is 1. The maximum Gasteiger partial charge on any atom is 0.263 e. The van der Waals surface area contributed by atoms with Crippen molar-refractivity contribution in [2.45, 2.75) is 25.7 Å². The van der Waals surface area contributed by atoms with E-state index < -0.39 is 10.0 Å². The average molecular weight is 291 g/mol. The molecule has 6 heteroatoms. The van der Waals surface area contributed by atoms with E-state index in [0.29, 0.717) is 11.5 Å². The molecule has 0 fully saturated rings. The molecule has 5 nitrogen and oxygen atoms in total. The van der Waals surface area contributed by atoms with Crippen LogP contribution in [0.25, 0.3) is 0 Å². The van der Waals surface area contributed by atoms with E-state index in [1.54, 1.807) is 25.1 Å². The van der Waals surface area contributed by atoms with Gasteiger partial charge in [0.15, 0.2) is 0 Å². The number of nitrogen functional groups attached to an aromatic ring is 1. The minimum atomic E-state index is -3.65. The number of anilines is 2. The van der Waals surface area contributed by atoms with Crippen molar-refractivity contribution in [2.75, 3.05) is 10.5 Å². The number of nitrogens with zero attached hydrogens (tertiary/aromatic N) is 1. The number of aromatic nitrogens is 1. The van der Waals surface area contributed by atoms with Gasteiger partial charge in [-0.3, -0.25) is 4.72 Å². The van der Waals surface area contributed by atoms with Crippen LogP contribution in [0.2, 0.25) is 0 Å². The molecular formula is C14H17N3O2S. The van der Waals surface area contributed by atoms with E-state index in [1.165, 1.54) is 6.07 Å². The van der Waals surface area contributed by atoms with E-state index in [9.17, 15) is 8.42 Å². The summed E-state index contributed by atoms with van der Waals surface area (Å²) in [6.07, 6.45) is 0. The minimum Gasteiger partial charge on any atom is -0.399 e. The zero-order chi connectivity index (χ0) is 14.9. The van der Waals surface area contributed by atoms with Crippen LogP contribution in [0.15, 0.2) is 35.2 Å². The predicted octanol–water partition coefficient (Wildman–Crippen LogP) is 2.39. The number of hydrogen-bond donors (Lipinski definition) is 2. The van der Waals surface area contributed by atoms with Crippen molar-refractivity contribution in [3.05, 3.63) is 47.2 Å². The van der Waals surface area contributed by atoms with Gasteiger partial charge in [-0.1, -0.05) is 0 Å². The zero-order valence-corrected chi connectivity index (χ0v) is 12.5. The van der Waals surface area contributed by atoms with Gasteiger partial charge in [0.05, 0.1) is 4.90 Å². The molecule has 0 saturated heterocycles. The highest BCUT2D eigenvalue weighted by Crippen LogP contribution is 2.20. The monoisotopic (exact) mass is 291 g/mol. The first-order valence-electron chi connectivity index (χ1n) is 6.12. The van der Waals surface area contributed by atoms with Crippen LogP contribution in [0.5, 0.6) is 0 Å². The average Bonchev–Trinajstić information content (AvgIpc) is 2.30. The number of nitrogens with two attached hydrogens (primary N) is 1. The Morgan fingerprint density at radius 2 is 1.80 bits per heavy atom. The second-order valence-electron chi connectivity index (χ2n) is 4.80. The second-order valence-corrected chi connectivity index (χ2v) is 6.48. The summed E-state index contributed by atoms with van der Waals surface area (Å²) in [6, 6.07) is 8.17. The molecule has 0 atom stereocenters. The van der Waals surface area contributed by atoms with Crippen LogP contribution in [-0.2, 0) is 10.0 Å². The van der Waals surface area contributed by atoms with E-state index in [-0.39, 0.29) is 4.90 Å². The van der Waals surface area contributed by atoms with Crippen molar-refractivity contribution in [2.24, 2.45) is 0 Å². The van der Waals surface area contributed by atoms with Gasteiger partial charge in [0.1, 0.15) is 5.82 Å². The normalized spacial score (nSPS) is 11.3. The quantitative estimate of drug-likeness (QED) is 0.850. The smallest absolute Gasteiger partial charge is 0.263 e. The van der Waals surface area contributed by atoms with Gasteiger partial charge in [-0.25, -0.2) is 13.4 Å². The van der Waals surface area contributed by atoms with Gasteiger partial charge < -0.3 is 5.73 Å². The highest BCUT2D eigenvalue weighted by Gasteiger charge is 2.15. The molecule has 1 aromatic heterocycles. The van der Waals surface area contributed by atoms with Crippen molar-refractivity contribution in [3.63, 3.8) is 0 Å². The van der Waals surface area contributed by atoms with Gasteiger partial charge in [0.2, 0.25) is 0 Å². The first-order chi connectivity index (χ1) is 9.28. The molecule has 3 N–H and O–H groups in total. The molecule has 0 bridgehead atoms. The van der Waals surface area contributed by atoms with Crippen LogP contribution in [0.3, 0.4) is 0 Å². The third kappa shape index (κ3) is 3.08. The van der Waals surface area contributed by atoms with Crippen LogP contribution in [0.4, 0.5) is 11.5 Å². The van der Waals surface area contributed by atoms with Gasteiger partial charge in [-0.15, -0.1) is 0 Å². The maximum absolute atomic E-state index is 12.3. The lowest BCUT2D eigenvalue weighted by atomic mass is 10.2. The summed E-state index contributed by atoms with van der Waals surface area (Å²) in [5, 5.41) is 0. The van der Waals surface area contributed by atoms with E-state index in [2.05, 4.69) is 9.71 Å². The molecule has 0 spiro atoms. The fourth-order valence-corrected chi connectivity index (χ4v) is 2.98. The first-order valence-corrected chi connectivity index (χ1v) is 7.60. The number of nitrogens with one attached hydrogen (secondary N) is 1. The SMILES string of the molecule is Cc1cc(C)nc(NS(=O)(=O)c2ccc(N)c(C)c2)c1. The highest BCUT2D eigenvalue weighted by molar-refractivity contribution is 7.92. The van der Waals surface area contributed by atoms with E-state index in [1.807, 2.05) is 19.9 Å². The summed E-state index contributed by atoms with van der Waals surface area (Å²) in [5.41, 5.74) is 8.69. The molecular weight excluding hydrogens is 274 g/mol. The Morgan fingerprint density at radius 3 is 2.40 bits per heavy atom. The lowest BCUT2D eigenvalue weighted by Gasteiger charge is -2.10. The fraction of sp³-hybridized carbons (Fsp3) is 0.214. The Morgan fingerprint density at radius 1 is 1.10 bits per heavy atom. The van der Waals surface area contributed by atoms with Gasteiger partial charge >= 0.3 is 0 Å². The van der Waals surface area contributed by atoms with Crippen LogP contribution in [0, 0.1) is 20.8 Å². The molecule has 0 unspecified atom stereocenters. The second kappa shape index (κ2) is 5.13. The number of hydrogen-bond acceptors (Lipinski definition) is 4. The lowest BCUT2D eigenvalue weighted by molar-refractivity contribution is 0.601. The van der Waals surface area contributed by atoms with Crippen molar-refractivity contribution in [3.8, 4) is 0 Å². The standard InChI is InChI=1S/C14H17N3O2S/c1-9-6-11(3)16-14(7-9)17-20(18,19)12-4-5-13(15)10(2)8-12/h4-8H,15H2,1-3H3,(H,16,17). The molecule has 106 valence electrons. The van der Waals surface area contributed by atoms with Crippen molar-refractivity contribution >= 4 is 21.5 Å². The van der Waals surface area contributed by atoms with Crippen molar-refractivity contribution < 1.29 is 8.42 Å². The third-order valence-corrected chi connectivity index (χ3v) is 4.24. The summed E-state index contributed by atoms with van der Waals surface area (Å²) in [4.78, 5) is 4.34. The molecule has 20 heavy (non-hydrogen) atoms. The molecule has 1 aromatic carbocycles. The third-order valence-electron chi connectivity index (χ3n) is 2.89. The number of aryl methyl sites for hydroxylation is 3. The topological polar surface area (TPSA) is 85.1 Å². The lowest BCUT2D eigenvalue weighted by Crippen LogP contribution is -2.14. The number of sulfonamides is 1. The Bertz CT molecular complexity index is 735. The largest absolute Gasteiger partial charge is 0.399 e. The molecule has 0 radical (unpaired) electrons. The molecule has 2 aromatic rings. The van der Waals surface area contributed by atoms with Crippen LogP contribution in [0.1, 0.15) is 16.8 Å². The number of rotatable bonds is 3. The van der Waals surface area contributed by atoms with Gasteiger partial charge in [-0.2, -0.15) is 0 Å². The fourth-order valence-electron chi connectivity index (χ4n) is 1.91. The number of benzene rings is 1. The van der Waals surface area contributed by atoms with Crippen LogP contribution < -0.4 is 10.5 Å². The molecule has 2 rings (SSSR count). The Hall–Kier alpha value is -2.08. The summed E-state index contributed by atoms with van der Waals surface area (Å²) < 4.78 is 27.1. The predicted molar refractivity (Wildman–Crippen MR) is 80.1 cm³/mol. The van der Waals surface area contributed by atoms with E-state index in [0.717, 1.165) is 16.8 Å². The molecule has 1 heterocycles. The summed E-state index contributed by atoms with van der Waals surface area (Å²) in [5.74, 6) is 0.317. The Balaban J connectivity index is 2.37.